The zero-order chi connectivity index (χ0) is 17.2. The van der Waals surface area contributed by atoms with Crippen LogP contribution in [0.15, 0.2) is 30.3 Å². The summed E-state index contributed by atoms with van der Waals surface area (Å²) in [5.41, 5.74) is 0.970. The van der Waals surface area contributed by atoms with Gasteiger partial charge in [-0.25, -0.2) is 4.67 Å². The number of nitrogens with zero attached hydrogens (tertiary/aromatic N) is 2. The molecule has 1 unspecified atom stereocenters. The van der Waals surface area contributed by atoms with Gasteiger partial charge in [0.05, 0.1) is 25.5 Å². The molecule has 0 heterocycles. The molecule has 1 aromatic carbocycles. The number of nitriles is 1. The normalized spacial score (nSPS) is 12.4. The van der Waals surface area contributed by atoms with E-state index < -0.39 is 8.45 Å². The van der Waals surface area contributed by atoms with Crippen LogP contribution in [-0.2, 0) is 15.7 Å². The summed E-state index contributed by atoms with van der Waals surface area (Å²) in [5, 5.41) is 11.7. The van der Waals surface area contributed by atoms with Crippen molar-refractivity contribution in [1.29, 1.82) is 5.26 Å². The van der Waals surface area contributed by atoms with Crippen molar-refractivity contribution in [3.63, 3.8) is 0 Å². The second-order valence-corrected chi connectivity index (χ2v) is 7.27. The van der Waals surface area contributed by atoms with Gasteiger partial charge < -0.3 is 4.52 Å². The first kappa shape index (κ1) is 19.6. The lowest BCUT2D eigenvalue weighted by Crippen LogP contribution is -2.38. The van der Waals surface area contributed by atoms with Crippen LogP contribution in [0.3, 0.4) is 0 Å². The Morgan fingerprint density at radius 3 is 2.39 bits per heavy atom. The SMILES string of the molecule is CC(C)N(C(C)C)P(NC(=O)Cc1ccccc1)OCCC#N. The summed E-state index contributed by atoms with van der Waals surface area (Å²) in [6.07, 6.45) is 0.642. The van der Waals surface area contributed by atoms with Crippen LogP contribution in [-0.4, -0.2) is 29.3 Å². The van der Waals surface area contributed by atoms with Crippen LogP contribution >= 0.6 is 8.45 Å². The van der Waals surface area contributed by atoms with Crippen LogP contribution in [0, 0.1) is 11.3 Å². The third kappa shape index (κ3) is 7.09. The van der Waals surface area contributed by atoms with Gasteiger partial charge in [0, 0.05) is 12.1 Å². The van der Waals surface area contributed by atoms with Gasteiger partial charge >= 0.3 is 0 Å². The Bertz CT molecular complexity index is 506. The van der Waals surface area contributed by atoms with Gasteiger partial charge in [-0.05, 0) is 33.3 Å². The molecule has 1 N–H and O–H groups in total. The fourth-order valence-corrected chi connectivity index (χ4v) is 3.99. The van der Waals surface area contributed by atoms with Crippen LogP contribution in [0.2, 0.25) is 0 Å². The fraction of sp³-hybridized carbons (Fsp3) is 0.529. The van der Waals surface area contributed by atoms with Gasteiger partial charge in [-0.1, -0.05) is 30.3 Å². The molecule has 0 aliphatic carbocycles. The molecule has 5 nitrogen and oxygen atoms in total. The molecule has 0 aliphatic heterocycles. The lowest BCUT2D eigenvalue weighted by molar-refractivity contribution is -0.118. The Kier molecular flexibility index (Phi) is 8.79. The molecule has 0 aliphatic rings. The quantitative estimate of drug-likeness (QED) is 0.553. The van der Waals surface area contributed by atoms with E-state index >= 15 is 0 Å². The van der Waals surface area contributed by atoms with Crippen molar-refractivity contribution < 1.29 is 9.32 Å². The molecule has 0 bridgehead atoms. The van der Waals surface area contributed by atoms with Crippen molar-refractivity contribution in [2.75, 3.05) is 6.61 Å². The molecule has 126 valence electrons. The predicted molar refractivity (Wildman–Crippen MR) is 93.5 cm³/mol. The second kappa shape index (κ2) is 10.3. The van der Waals surface area contributed by atoms with E-state index in [0.29, 0.717) is 19.4 Å². The average Bonchev–Trinajstić information content (AvgIpc) is 2.47. The molecule has 0 spiro atoms. The van der Waals surface area contributed by atoms with Crippen molar-refractivity contribution in [3.05, 3.63) is 35.9 Å². The standard InChI is InChI=1S/C17H26N3O2P/c1-14(2)20(15(3)4)23(22-12-8-11-18)19-17(21)13-16-9-6-5-7-10-16/h5-7,9-10,14-15H,8,12-13H2,1-4H3,(H,19,21). The summed E-state index contributed by atoms with van der Waals surface area (Å²) < 4.78 is 7.96. The zero-order valence-corrected chi connectivity index (χ0v) is 15.2. The number of rotatable bonds is 9. The summed E-state index contributed by atoms with van der Waals surface area (Å²) in [5.74, 6) is -0.0643. The average molecular weight is 335 g/mol. The summed E-state index contributed by atoms with van der Waals surface area (Å²) in [6, 6.07) is 12.2. The molecule has 0 fully saturated rings. The molecule has 0 radical (unpaired) electrons. The zero-order valence-electron chi connectivity index (χ0n) is 14.3. The third-order valence-corrected chi connectivity index (χ3v) is 5.33. The van der Waals surface area contributed by atoms with E-state index in [9.17, 15) is 4.79 Å². The molecular formula is C17H26N3O2P. The van der Waals surface area contributed by atoms with Gasteiger partial charge in [-0.15, -0.1) is 0 Å². The number of hydrogen-bond acceptors (Lipinski definition) is 4. The number of carbonyl (C=O) groups is 1. The first-order valence-electron chi connectivity index (χ1n) is 7.87. The van der Waals surface area contributed by atoms with Crippen molar-refractivity contribution in [1.82, 2.24) is 9.76 Å². The maximum absolute atomic E-state index is 12.3. The Labute approximate surface area is 140 Å². The lowest BCUT2D eigenvalue weighted by atomic mass is 10.1. The highest BCUT2D eigenvalue weighted by atomic mass is 31.2. The summed E-state index contributed by atoms with van der Waals surface area (Å²) in [6.45, 7) is 8.63. The molecule has 0 saturated heterocycles. The molecule has 0 aromatic heterocycles. The van der Waals surface area contributed by atoms with Crippen LogP contribution in [0.1, 0.15) is 39.7 Å². The minimum atomic E-state index is -1.27. The first-order valence-corrected chi connectivity index (χ1v) is 9.08. The monoisotopic (exact) mass is 335 g/mol. The molecule has 23 heavy (non-hydrogen) atoms. The number of amides is 1. The van der Waals surface area contributed by atoms with Crippen LogP contribution in [0.4, 0.5) is 0 Å². The van der Waals surface area contributed by atoms with Gasteiger partial charge in [0.2, 0.25) is 14.4 Å². The van der Waals surface area contributed by atoms with Gasteiger partial charge in [-0.3, -0.25) is 9.88 Å². The van der Waals surface area contributed by atoms with Crippen molar-refractivity contribution in [2.45, 2.75) is 52.6 Å². The smallest absolute Gasteiger partial charge is 0.230 e. The molecule has 1 rings (SSSR count). The number of benzene rings is 1. The summed E-state index contributed by atoms with van der Waals surface area (Å²) >= 11 is 0. The first-order chi connectivity index (χ1) is 11.0. The Balaban J connectivity index is 2.74. The minimum Gasteiger partial charge on any atom is -0.326 e. The number of hydrogen-bond donors (Lipinski definition) is 1. The minimum absolute atomic E-state index is 0.0643. The molecule has 1 aromatic rings. The fourth-order valence-electron chi connectivity index (χ4n) is 2.28. The van der Waals surface area contributed by atoms with Crippen molar-refractivity contribution in [2.24, 2.45) is 0 Å². The van der Waals surface area contributed by atoms with Gasteiger partial charge in [0.15, 0.2) is 0 Å². The van der Waals surface area contributed by atoms with E-state index in [2.05, 4.69) is 43.5 Å². The van der Waals surface area contributed by atoms with E-state index in [-0.39, 0.29) is 18.0 Å². The van der Waals surface area contributed by atoms with E-state index in [0.717, 1.165) is 5.56 Å². The summed E-state index contributed by atoms with van der Waals surface area (Å²) in [4.78, 5) is 12.3. The molecule has 6 heteroatoms. The van der Waals surface area contributed by atoms with Gasteiger partial charge in [0.25, 0.3) is 0 Å². The van der Waals surface area contributed by atoms with Crippen molar-refractivity contribution >= 4 is 14.4 Å². The Morgan fingerprint density at radius 2 is 1.87 bits per heavy atom. The van der Waals surface area contributed by atoms with E-state index in [1.54, 1.807) is 0 Å². The summed E-state index contributed by atoms with van der Waals surface area (Å²) in [7, 11) is -1.27. The lowest BCUT2D eigenvalue weighted by Gasteiger charge is -2.36. The third-order valence-electron chi connectivity index (χ3n) is 3.12. The van der Waals surface area contributed by atoms with Gasteiger partial charge in [-0.2, -0.15) is 5.26 Å². The topological polar surface area (TPSA) is 65.4 Å². The molecule has 0 saturated carbocycles. The Hall–Kier alpha value is -1.47. The number of nitrogens with one attached hydrogen (secondary N) is 1. The van der Waals surface area contributed by atoms with Gasteiger partial charge in [0.1, 0.15) is 0 Å². The Morgan fingerprint density at radius 1 is 1.26 bits per heavy atom. The highest BCUT2D eigenvalue weighted by Gasteiger charge is 2.27. The van der Waals surface area contributed by atoms with E-state index in [1.807, 2.05) is 30.3 Å². The van der Waals surface area contributed by atoms with Crippen LogP contribution < -0.4 is 5.09 Å². The van der Waals surface area contributed by atoms with Crippen LogP contribution in [0.5, 0.6) is 0 Å². The molecule has 1 atom stereocenters. The molecular weight excluding hydrogens is 309 g/mol. The van der Waals surface area contributed by atoms with E-state index in [4.69, 9.17) is 9.79 Å². The van der Waals surface area contributed by atoms with E-state index in [1.165, 1.54) is 0 Å². The maximum Gasteiger partial charge on any atom is 0.230 e. The predicted octanol–water partition coefficient (Wildman–Crippen LogP) is 3.62. The number of carbonyl (C=O) groups excluding carboxylic acids is 1. The highest BCUT2D eigenvalue weighted by Crippen LogP contribution is 2.41. The maximum atomic E-state index is 12.3. The van der Waals surface area contributed by atoms with Crippen molar-refractivity contribution in [3.8, 4) is 6.07 Å². The second-order valence-electron chi connectivity index (χ2n) is 5.78. The molecule has 1 amide bonds. The highest BCUT2D eigenvalue weighted by molar-refractivity contribution is 7.48. The largest absolute Gasteiger partial charge is 0.326 e. The van der Waals surface area contributed by atoms with Crippen LogP contribution in [0.25, 0.3) is 0 Å².